The fourth-order valence-corrected chi connectivity index (χ4v) is 3.55. The van der Waals surface area contributed by atoms with E-state index in [1.165, 1.54) is 24.5 Å². The molecule has 1 unspecified atom stereocenters. The number of piperazine rings is 1. The van der Waals surface area contributed by atoms with Gasteiger partial charge in [-0.2, -0.15) is 4.39 Å². The second-order valence-electron chi connectivity index (χ2n) is 7.84. The van der Waals surface area contributed by atoms with Crippen LogP contribution >= 0.6 is 0 Å². The molecule has 0 spiro atoms. The van der Waals surface area contributed by atoms with Crippen molar-refractivity contribution in [2.24, 2.45) is 0 Å². The van der Waals surface area contributed by atoms with Gasteiger partial charge in [0.15, 0.2) is 0 Å². The van der Waals surface area contributed by atoms with E-state index < -0.39 is 18.0 Å². The number of anilines is 3. The van der Waals surface area contributed by atoms with E-state index in [2.05, 4.69) is 43.6 Å². The molecule has 176 valence electrons. The fraction of sp³-hybridized carbons (Fsp3) is 0.391. The van der Waals surface area contributed by atoms with E-state index in [0.717, 1.165) is 19.6 Å². The molecule has 2 aromatic rings. The summed E-state index contributed by atoms with van der Waals surface area (Å²) in [7, 11) is 0. The number of rotatable bonds is 10. The van der Waals surface area contributed by atoms with Gasteiger partial charge in [0.2, 0.25) is 11.9 Å². The lowest BCUT2D eigenvalue weighted by Crippen LogP contribution is -2.46. The summed E-state index contributed by atoms with van der Waals surface area (Å²) in [4.78, 5) is 29.2. The molecule has 2 atom stereocenters. The van der Waals surface area contributed by atoms with Crippen molar-refractivity contribution < 1.29 is 14.3 Å². The molecule has 3 N–H and O–H groups in total. The molecule has 0 bridgehead atoms. The minimum Gasteiger partial charge on any atom is -0.391 e. The van der Waals surface area contributed by atoms with Gasteiger partial charge < -0.3 is 20.6 Å². The predicted octanol–water partition coefficient (Wildman–Crippen LogP) is 2.31. The summed E-state index contributed by atoms with van der Waals surface area (Å²) >= 11 is 0. The number of nitrogens with zero attached hydrogens (tertiary/aromatic N) is 5. The molecule has 1 aliphatic rings. The first-order valence-electron chi connectivity index (χ1n) is 10.8. The predicted molar refractivity (Wildman–Crippen MR) is 127 cm³/mol. The van der Waals surface area contributed by atoms with Gasteiger partial charge in [0.05, 0.1) is 29.7 Å². The van der Waals surface area contributed by atoms with E-state index in [4.69, 9.17) is 0 Å². The number of aromatic nitrogens is 3. The molecule has 1 amide bonds. The smallest absolute Gasteiger partial charge is 0.274 e. The van der Waals surface area contributed by atoms with Crippen molar-refractivity contribution in [3.63, 3.8) is 0 Å². The van der Waals surface area contributed by atoms with E-state index in [1.54, 1.807) is 13.0 Å². The van der Waals surface area contributed by atoms with Crippen LogP contribution in [0.2, 0.25) is 0 Å². The van der Waals surface area contributed by atoms with Crippen LogP contribution in [0.3, 0.4) is 0 Å². The first kappa shape index (κ1) is 24.3. The molecule has 3 heterocycles. The molecule has 1 aliphatic heterocycles. The lowest BCUT2D eigenvalue weighted by molar-refractivity contribution is 0.102. The number of nitrogens with one attached hydrogen (secondary N) is 2. The molecule has 0 saturated carbocycles. The van der Waals surface area contributed by atoms with Crippen LogP contribution in [0.25, 0.3) is 0 Å². The van der Waals surface area contributed by atoms with Gasteiger partial charge >= 0.3 is 0 Å². The highest BCUT2D eigenvalue weighted by molar-refractivity contribution is 6.04. The van der Waals surface area contributed by atoms with Crippen LogP contribution in [0.1, 0.15) is 23.8 Å². The third-order valence-electron chi connectivity index (χ3n) is 5.43. The number of aliphatic hydroxyl groups excluding tert-OH is 1. The molecule has 0 radical (unpaired) electrons. The summed E-state index contributed by atoms with van der Waals surface area (Å²) in [5, 5.41) is 15.8. The maximum absolute atomic E-state index is 13.9. The maximum atomic E-state index is 13.9. The molecule has 10 heteroatoms. The van der Waals surface area contributed by atoms with Crippen LogP contribution in [0.15, 0.2) is 49.8 Å². The summed E-state index contributed by atoms with van der Waals surface area (Å²) < 4.78 is 13.9. The molecule has 1 saturated heterocycles. The number of hydrogen-bond donors (Lipinski definition) is 3. The van der Waals surface area contributed by atoms with Crippen LogP contribution in [-0.2, 0) is 0 Å². The number of carbonyl (C=O) groups excluding carboxylic acids is 1. The standard InChI is InChI=1S/C23H30FN7O2/c1-4-6-20(32)16(3)27-23-25-8-7-17(29-23)22(33)28-18-15-26-21(24)14-19(18)31-12-10-30(9-5-2)11-13-31/h4-5,7-8,14-16,20,32H,1-2,6,9-13H2,3H3,(H,28,33)(H,25,27,29)/t16-,20?/m0/s1. The van der Waals surface area contributed by atoms with Gasteiger partial charge in [-0.25, -0.2) is 15.0 Å². The maximum Gasteiger partial charge on any atom is 0.274 e. The summed E-state index contributed by atoms with van der Waals surface area (Å²) in [6.45, 7) is 13.0. The van der Waals surface area contributed by atoms with Crippen LogP contribution in [-0.4, -0.2) is 75.7 Å². The van der Waals surface area contributed by atoms with E-state index in [9.17, 15) is 14.3 Å². The van der Waals surface area contributed by atoms with Crippen molar-refractivity contribution in [2.45, 2.75) is 25.5 Å². The monoisotopic (exact) mass is 455 g/mol. The highest BCUT2D eigenvalue weighted by Gasteiger charge is 2.21. The molecule has 0 aliphatic carbocycles. The average molecular weight is 456 g/mol. The second kappa shape index (κ2) is 11.5. The molecule has 33 heavy (non-hydrogen) atoms. The minimum absolute atomic E-state index is 0.129. The Kier molecular flexibility index (Phi) is 8.45. The Bertz CT molecular complexity index is 979. The van der Waals surface area contributed by atoms with Gasteiger partial charge in [-0.3, -0.25) is 9.69 Å². The molecule has 0 aromatic carbocycles. The molecule has 1 fully saturated rings. The summed E-state index contributed by atoms with van der Waals surface area (Å²) in [5.74, 6) is -0.870. The van der Waals surface area contributed by atoms with Gasteiger partial charge in [-0.15, -0.1) is 13.2 Å². The third-order valence-corrected chi connectivity index (χ3v) is 5.43. The van der Waals surface area contributed by atoms with Crippen LogP contribution in [0, 0.1) is 5.95 Å². The Hall–Kier alpha value is -3.37. The molecule has 3 rings (SSSR count). The fourth-order valence-electron chi connectivity index (χ4n) is 3.55. The van der Waals surface area contributed by atoms with E-state index in [1.807, 2.05) is 11.0 Å². The Morgan fingerprint density at radius 1 is 1.27 bits per heavy atom. The average Bonchev–Trinajstić information content (AvgIpc) is 2.81. The number of amides is 1. The van der Waals surface area contributed by atoms with E-state index in [-0.39, 0.29) is 17.7 Å². The highest BCUT2D eigenvalue weighted by atomic mass is 19.1. The van der Waals surface area contributed by atoms with Gasteiger partial charge in [0.1, 0.15) is 5.69 Å². The number of carbonyl (C=O) groups is 1. The zero-order chi connectivity index (χ0) is 23.8. The largest absolute Gasteiger partial charge is 0.391 e. The SMILES string of the molecule is C=CCC(O)[C@H](C)Nc1nccc(C(=O)Nc2cnc(F)cc2N2CCN(CC=C)CC2)n1. The molecular formula is C23H30FN7O2. The zero-order valence-electron chi connectivity index (χ0n) is 18.7. The summed E-state index contributed by atoms with van der Waals surface area (Å²) in [5.41, 5.74) is 1.10. The summed E-state index contributed by atoms with van der Waals surface area (Å²) in [6.07, 6.45) is 6.01. The normalized spacial score (nSPS) is 16.0. The van der Waals surface area contributed by atoms with Crippen molar-refractivity contribution in [2.75, 3.05) is 48.3 Å². The quantitative estimate of drug-likeness (QED) is 0.370. The van der Waals surface area contributed by atoms with Crippen LogP contribution < -0.4 is 15.5 Å². The van der Waals surface area contributed by atoms with Crippen molar-refractivity contribution in [1.82, 2.24) is 19.9 Å². The van der Waals surface area contributed by atoms with Crippen molar-refractivity contribution in [3.05, 3.63) is 61.5 Å². The number of pyridine rings is 1. The van der Waals surface area contributed by atoms with Gasteiger partial charge in [0, 0.05) is 45.0 Å². The van der Waals surface area contributed by atoms with Gasteiger partial charge in [-0.05, 0) is 19.4 Å². The van der Waals surface area contributed by atoms with Gasteiger partial charge in [-0.1, -0.05) is 12.2 Å². The van der Waals surface area contributed by atoms with E-state index in [0.29, 0.717) is 30.9 Å². The minimum atomic E-state index is -0.664. The van der Waals surface area contributed by atoms with Crippen molar-refractivity contribution >= 4 is 23.2 Å². The van der Waals surface area contributed by atoms with Crippen molar-refractivity contribution in [1.29, 1.82) is 0 Å². The topological polar surface area (TPSA) is 107 Å². The first-order valence-corrected chi connectivity index (χ1v) is 10.8. The van der Waals surface area contributed by atoms with Crippen molar-refractivity contribution in [3.8, 4) is 0 Å². The zero-order valence-corrected chi connectivity index (χ0v) is 18.7. The Balaban J connectivity index is 1.72. The Morgan fingerprint density at radius 3 is 2.73 bits per heavy atom. The number of halogens is 1. The van der Waals surface area contributed by atoms with Crippen LogP contribution in [0.5, 0.6) is 0 Å². The lowest BCUT2D eigenvalue weighted by Gasteiger charge is -2.36. The number of hydrogen-bond acceptors (Lipinski definition) is 8. The van der Waals surface area contributed by atoms with Gasteiger partial charge in [0.25, 0.3) is 5.91 Å². The Morgan fingerprint density at radius 2 is 2.03 bits per heavy atom. The molecule has 2 aromatic heterocycles. The Labute approximate surface area is 193 Å². The van der Waals surface area contributed by atoms with E-state index >= 15 is 0 Å². The second-order valence-corrected chi connectivity index (χ2v) is 7.84. The first-order chi connectivity index (χ1) is 15.9. The highest BCUT2D eigenvalue weighted by Crippen LogP contribution is 2.27. The number of aliphatic hydroxyl groups is 1. The molecular weight excluding hydrogens is 425 g/mol. The summed E-state index contributed by atoms with van der Waals surface area (Å²) in [6, 6.07) is 2.47. The lowest BCUT2D eigenvalue weighted by atomic mass is 10.1. The molecule has 9 nitrogen and oxygen atoms in total. The van der Waals surface area contributed by atoms with Crippen LogP contribution in [0.4, 0.5) is 21.7 Å². The third kappa shape index (κ3) is 6.56.